The van der Waals surface area contributed by atoms with Gasteiger partial charge in [-0.05, 0) is 30.3 Å². The van der Waals surface area contributed by atoms with Crippen molar-refractivity contribution >= 4 is 30.2 Å². The summed E-state index contributed by atoms with van der Waals surface area (Å²) < 4.78 is 16.5. The number of hydrogen-bond donors (Lipinski definition) is 2. The standard InChI is InChI=1S/C18H12ClNO5S/c19-11-4-1-9(2-5-11)14-15(25-17(20-14)16(26)18(21)22)10-3-6-12-13(7-10)24-8-23-12/h1-7,16,26H,8H2,(H,21,22). The number of ether oxygens (including phenoxy) is 2. The maximum atomic E-state index is 11.3. The minimum absolute atomic E-state index is 0.00144. The highest BCUT2D eigenvalue weighted by molar-refractivity contribution is 7.81. The van der Waals surface area contributed by atoms with Crippen molar-refractivity contribution in [1.82, 2.24) is 4.98 Å². The molecule has 6 nitrogen and oxygen atoms in total. The first-order chi connectivity index (χ1) is 12.5. The van der Waals surface area contributed by atoms with Crippen molar-refractivity contribution in [3.8, 4) is 34.1 Å². The predicted octanol–water partition coefficient (Wildman–Crippen LogP) is 4.45. The summed E-state index contributed by atoms with van der Waals surface area (Å²) in [6.07, 6.45) is 0. The van der Waals surface area contributed by atoms with Gasteiger partial charge in [-0.15, -0.1) is 0 Å². The molecule has 0 spiro atoms. The maximum Gasteiger partial charge on any atom is 0.325 e. The van der Waals surface area contributed by atoms with Gasteiger partial charge < -0.3 is 19.0 Å². The Hall–Kier alpha value is -2.64. The summed E-state index contributed by atoms with van der Waals surface area (Å²) in [5, 5.41) is 8.62. The van der Waals surface area contributed by atoms with Gasteiger partial charge in [0.05, 0.1) is 0 Å². The van der Waals surface area contributed by atoms with Gasteiger partial charge in [-0.2, -0.15) is 12.6 Å². The van der Waals surface area contributed by atoms with E-state index in [1.54, 1.807) is 42.5 Å². The van der Waals surface area contributed by atoms with Crippen molar-refractivity contribution in [2.45, 2.75) is 5.25 Å². The molecule has 0 radical (unpaired) electrons. The van der Waals surface area contributed by atoms with Crippen LogP contribution in [0.5, 0.6) is 11.5 Å². The molecular weight excluding hydrogens is 378 g/mol. The fraction of sp³-hybridized carbons (Fsp3) is 0.111. The van der Waals surface area contributed by atoms with Gasteiger partial charge in [0.1, 0.15) is 5.69 Å². The Bertz CT molecular complexity index is 986. The second kappa shape index (κ2) is 6.59. The van der Waals surface area contributed by atoms with Crippen LogP contribution < -0.4 is 9.47 Å². The number of rotatable bonds is 4. The van der Waals surface area contributed by atoms with Gasteiger partial charge in [-0.1, -0.05) is 23.7 Å². The highest BCUT2D eigenvalue weighted by Gasteiger charge is 2.26. The van der Waals surface area contributed by atoms with Crippen LogP contribution in [-0.2, 0) is 4.79 Å². The zero-order valence-electron chi connectivity index (χ0n) is 13.2. The monoisotopic (exact) mass is 389 g/mol. The molecule has 2 heterocycles. The number of carbonyl (C=O) groups is 1. The summed E-state index contributed by atoms with van der Waals surface area (Å²) in [7, 11) is 0. The Morgan fingerprint density at radius 2 is 1.81 bits per heavy atom. The number of nitrogens with zero attached hydrogens (tertiary/aromatic N) is 1. The lowest BCUT2D eigenvalue weighted by molar-refractivity contribution is -0.136. The fourth-order valence-electron chi connectivity index (χ4n) is 2.60. The first kappa shape index (κ1) is 16.8. The van der Waals surface area contributed by atoms with E-state index in [0.29, 0.717) is 33.5 Å². The summed E-state index contributed by atoms with van der Waals surface area (Å²) in [5.41, 5.74) is 1.92. The molecule has 4 rings (SSSR count). The van der Waals surface area contributed by atoms with Gasteiger partial charge in [-0.3, -0.25) is 4.79 Å². The number of carboxylic acid groups (broad SMARTS) is 1. The molecule has 0 bridgehead atoms. The molecule has 0 saturated heterocycles. The Morgan fingerprint density at radius 3 is 2.54 bits per heavy atom. The van der Waals surface area contributed by atoms with Crippen LogP contribution in [0.4, 0.5) is 0 Å². The van der Waals surface area contributed by atoms with Gasteiger partial charge >= 0.3 is 5.97 Å². The minimum atomic E-state index is -1.18. The molecular formula is C18H12ClNO5S. The average molecular weight is 390 g/mol. The third-order valence-electron chi connectivity index (χ3n) is 3.86. The van der Waals surface area contributed by atoms with Crippen molar-refractivity contribution in [1.29, 1.82) is 0 Å². The molecule has 1 atom stereocenters. The lowest BCUT2D eigenvalue weighted by Gasteiger charge is -2.03. The number of fused-ring (bicyclic) bond motifs is 1. The molecule has 1 aromatic heterocycles. The van der Waals surface area contributed by atoms with Crippen molar-refractivity contribution in [2.75, 3.05) is 6.79 Å². The zero-order valence-corrected chi connectivity index (χ0v) is 14.8. The van der Waals surface area contributed by atoms with Crippen molar-refractivity contribution < 1.29 is 23.8 Å². The summed E-state index contributed by atoms with van der Waals surface area (Å²) in [4.78, 5) is 15.6. The van der Waals surface area contributed by atoms with Crippen LogP contribution >= 0.6 is 24.2 Å². The van der Waals surface area contributed by atoms with Gasteiger partial charge in [0, 0.05) is 16.1 Å². The van der Waals surface area contributed by atoms with Crippen LogP contribution in [0.2, 0.25) is 5.02 Å². The highest BCUT2D eigenvalue weighted by atomic mass is 35.5. The molecule has 1 unspecified atom stereocenters. The normalized spacial score (nSPS) is 13.6. The SMILES string of the molecule is O=C(O)C(S)c1nc(-c2ccc(Cl)cc2)c(-c2ccc3c(c2)OCO3)o1. The van der Waals surface area contributed by atoms with Crippen LogP contribution in [0.15, 0.2) is 46.9 Å². The van der Waals surface area contributed by atoms with E-state index in [2.05, 4.69) is 17.6 Å². The van der Waals surface area contributed by atoms with Gasteiger partial charge in [0.25, 0.3) is 0 Å². The van der Waals surface area contributed by atoms with Crippen LogP contribution in [0.1, 0.15) is 11.1 Å². The molecule has 0 fully saturated rings. The van der Waals surface area contributed by atoms with E-state index in [1.165, 1.54) is 0 Å². The molecule has 132 valence electrons. The molecule has 1 aliphatic heterocycles. The molecule has 0 saturated carbocycles. The molecule has 1 N–H and O–H groups in total. The summed E-state index contributed by atoms with van der Waals surface area (Å²) in [6, 6.07) is 12.4. The Kier molecular flexibility index (Phi) is 4.26. The molecule has 0 amide bonds. The fourth-order valence-corrected chi connectivity index (χ4v) is 2.83. The van der Waals surface area contributed by atoms with E-state index in [4.69, 9.17) is 25.5 Å². The lowest BCUT2D eigenvalue weighted by Crippen LogP contribution is -2.05. The first-order valence-corrected chi connectivity index (χ1v) is 8.50. The second-order valence-electron chi connectivity index (χ2n) is 5.55. The van der Waals surface area contributed by atoms with E-state index in [9.17, 15) is 9.90 Å². The van der Waals surface area contributed by atoms with E-state index < -0.39 is 11.2 Å². The summed E-state index contributed by atoms with van der Waals surface area (Å²) in [6.45, 7) is 0.155. The van der Waals surface area contributed by atoms with E-state index in [0.717, 1.165) is 5.56 Å². The average Bonchev–Trinajstić information content (AvgIpc) is 3.28. The second-order valence-corrected chi connectivity index (χ2v) is 6.50. The number of aliphatic carboxylic acids is 1. The Balaban J connectivity index is 1.86. The summed E-state index contributed by atoms with van der Waals surface area (Å²) >= 11 is 10.0. The topological polar surface area (TPSA) is 81.8 Å². The van der Waals surface area contributed by atoms with Crippen molar-refractivity contribution in [3.05, 3.63) is 53.4 Å². The number of thiol groups is 1. The minimum Gasteiger partial charge on any atom is -0.480 e. The first-order valence-electron chi connectivity index (χ1n) is 7.60. The Morgan fingerprint density at radius 1 is 1.12 bits per heavy atom. The number of oxazole rings is 1. The third-order valence-corrected chi connectivity index (χ3v) is 4.56. The van der Waals surface area contributed by atoms with E-state index in [-0.39, 0.29) is 12.7 Å². The van der Waals surface area contributed by atoms with E-state index >= 15 is 0 Å². The van der Waals surface area contributed by atoms with E-state index in [1.807, 2.05) is 0 Å². The molecule has 3 aromatic rings. The number of benzene rings is 2. The molecule has 0 aliphatic carbocycles. The highest BCUT2D eigenvalue weighted by Crippen LogP contribution is 2.40. The maximum absolute atomic E-state index is 11.3. The molecule has 1 aliphatic rings. The molecule has 8 heteroatoms. The van der Waals surface area contributed by atoms with Gasteiger partial charge in [0.2, 0.25) is 12.7 Å². The quantitative estimate of drug-likeness (QED) is 0.642. The molecule has 26 heavy (non-hydrogen) atoms. The number of hydrogen-bond acceptors (Lipinski definition) is 6. The van der Waals surface area contributed by atoms with Crippen LogP contribution in [-0.4, -0.2) is 22.9 Å². The third kappa shape index (κ3) is 3.00. The zero-order chi connectivity index (χ0) is 18.3. The Labute approximate surface area is 158 Å². The lowest BCUT2D eigenvalue weighted by atomic mass is 10.1. The predicted molar refractivity (Wildman–Crippen MR) is 97.9 cm³/mol. The smallest absolute Gasteiger partial charge is 0.325 e. The number of halogens is 1. The molecule has 2 aromatic carbocycles. The summed E-state index contributed by atoms with van der Waals surface area (Å²) in [5.74, 6) is 0.496. The number of carboxylic acids is 1. The van der Waals surface area contributed by atoms with Crippen molar-refractivity contribution in [3.63, 3.8) is 0 Å². The van der Waals surface area contributed by atoms with Gasteiger partial charge in [-0.25, -0.2) is 4.98 Å². The number of aromatic nitrogens is 1. The largest absolute Gasteiger partial charge is 0.480 e. The van der Waals surface area contributed by atoms with Crippen LogP contribution in [0.25, 0.3) is 22.6 Å². The van der Waals surface area contributed by atoms with Crippen LogP contribution in [0, 0.1) is 0 Å². The van der Waals surface area contributed by atoms with Gasteiger partial charge in [0.15, 0.2) is 22.5 Å². The van der Waals surface area contributed by atoms with Crippen LogP contribution in [0.3, 0.4) is 0 Å². The van der Waals surface area contributed by atoms with Crippen molar-refractivity contribution in [2.24, 2.45) is 0 Å².